The highest BCUT2D eigenvalue weighted by Gasteiger charge is 2.37. The van der Waals surface area contributed by atoms with Gasteiger partial charge in [0.2, 0.25) is 5.71 Å². The van der Waals surface area contributed by atoms with Crippen molar-refractivity contribution in [3.05, 3.63) is 84.4 Å². The van der Waals surface area contributed by atoms with Gasteiger partial charge in [-0.1, -0.05) is 11.6 Å². The van der Waals surface area contributed by atoms with Gasteiger partial charge in [-0.2, -0.15) is 23.2 Å². The van der Waals surface area contributed by atoms with Crippen molar-refractivity contribution in [1.82, 2.24) is 14.7 Å². The van der Waals surface area contributed by atoms with Gasteiger partial charge in [0.05, 0.1) is 29.5 Å². The minimum Gasteiger partial charge on any atom is -0.612 e. The molecule has 0 fully saturated rings. The highest BCUT2D eigenvalue weighted by molar-refractivity contribution is 9.12. The van der Waals surface area contributed by atoms with Crippen LogP contribution in [0.1, 0.15) is 12.6 Å². The van der Waals surface area contributed by atoms with Crippen molar-refractivity contribution in [2.24, 2.45) is 0 Å². The zero-order valence-corrected chi connectivity index (χ0v) is 19.9. The Hall–Kier alpha value is -3.19. The Bertz CT molecular complexity index is 1220. The fourth-order valence-corrected chi connectivity index (χ4v) is 4.19. The van der Waals surface area contributed by atoms with Gasteiger partial charge in [-0.05, 0) is 41.1 Å². The molecule has 0 radical (unpaired) electrons. The number of carbonyl (C=O) groups excluding carboxylic acids is 1. The van der Waals surface area contributed by atoms with E-state index in [1.807, 2.05) is 0 Å². The number of likely N-dealkylation sites (N-methyl/N-ethyl adjacent to an activating group) is 1. The van der Waals surface area contributed by atoms with Crippen LogP contribution in [-0.4, -0.2) is 50.0 Å². The number of allylic oxidation sites excluding steroid dienone is 7. The summed E-state index contributed by atoms with van der Waals surface area (Å²) >= 11 is 9.28. The topological polar surface area (TPSA) is 117 Å². The van der Waals surface area contributed by atoms with Gasteiger partial charge in [0, 0.05) is 24.4 Å². The maximum absolute atomic E-state index is 13.0. The molecular formula is C20H16BrClF3N4O5-. The van der Waals surface area contributed by atoms with Gasteiger partial charge in [0.1, 0.15) is 16.4 Å². The van der Waals surface area contributed by atoms with Crippen LogP contribution in [0.2, 0.25) is 0 Å². The first-order chi connectivity index (χ1) is 15.9. The lowest BCUT2D eigenvalue weighted by Crippen LogP contribution is -2.34. The van der Waals surface area contributed by atoms with Gasteiger partial charge in [-0.3, -0.25) is 4.68 Å². The molecule has 0 saturated heterocycles. The number of halogens is 5. The molecule has 9 nitrogen and oxygen atoms in total. The number of alkyl halides is 3. The van der Waals surface area contributed by atoms with E-state index in [1.54, 1.807) is 11.8 Å². The molecule has 3 rings (SSSR count). The summed E-state index contributed by atoms with van der Waals surface area (Å²) < 4.78 is 44.8. The van der Waals surface area contributed by atoms with Crippen molar-refractivity contribution < 1.29 is 32.7 Å². The van der Waals surface area contributed by atoms with E-state index in [0.29, 0.717) is 0 Å². The molecule has 182 valence electrons. The van der Waals surface area contributed by atoms with Crippen molar-refractivity contribution in [3.63, 3.8) is 0 Å². The predicted octanol–water partition coefficient (Wildman–Crippen LogP) is 4.22. The summed E-state index contributed by atoms with van der Waals surface area (Å²) in [7, 11) is 1.11. The molecule has 0 unspecified atom stereocenters. The molecule has 1 aromatic rings. The Kier molecular flexibility index (Phi) is 7.17. The first-order valence-corrected chi connectivity index (χ1v) is 10.7. The number of nitrogens with zero attached hydrogens (tertiary/aromatic N) is 4. The van der Waals surface area contributed by atoms with E-state index in [9.17, 15) is 33.5 Å². The third-order valence-corrected chi connectivity index (χ3v) is 6.03. The highest BCUT2D eigenvalue weighted by atomic mass is 79.9. The van der Waals surface area contributed by atoms with E-state index in [4.69, 9.17) is 16.3 Å². The Labute approximate surface area is 204 Å². The molecule has 0 bridgehead atoms. The Morgan fingerprint density at radius 1 is 1.35 bits per heavy atom. The Morgan fingerprint density at radius 2 is 2.03 bits per heavy atom. The minimum atomic E-state index is -4.64. The lowest BCUT2D eigenvalue weighted by molar-refractivity contribution is -0.377. The summed E-state index contributed by atoms with van der Waals surface area (Å²) in [5, 5.41) is 36.5. The third kappa shape index (κ3) is 4.71. The number of carbonyl (C=O) groups is 1. The molecule has 1 aliphatic carbocycles. The number of esters is 1. The van der Waals surface area contributed by atoms with Crippen LogP contribution in [0.3, 0.4) is 0 Å². The minimum absolute atomic E-state index is 0.0376. The van der Waals surface area contributed by atoms with Crippen LogP contribution in [0.4, 0.5) is 13.2 Å². The van der Waals surface area contributed by atoms with Crippen molar-refractivity contribution in [2.45, 2.75) is 19.6 Å². The number of hydrogen-bond acceptors (Lipinski definition) is 7. The number of aliphatic hydroxyl groups is 1. The molecule has 0 aromatic carbocycles. The van der Waals surface area contributed by atoms with Gasteiger partial charge in [-0.15, -0.1) is 0 Å². The van der Waals surface area contributed by atoms with Crippen molar-refractivity contribution in [2.75, 3.05) is 13.7 Å². The fraction of sp³-hybridized carbons (Fsp3) is 0.250. The molecule has 1 aliphatic heterocycles. The van der Waals surface area contributed by atoms with E-state index < -0.39 is 28.5 Å². The SMILES string of the molecule is CCN1C(Cn2ccc(C(F)(F)F)n2)=C(Br)C(O)=C(C(=O)OC)C1=C1C=CC(=[N+]([O-])[O-])C(Cl)=C1. The summed E-state index contributed by atoms with van der Waals surface area (Å²) in [6.45, 7) is 1.68. The third-order valence-electron chi connectivity index (χ3n) is 4.90. The largest absolute Gasteiger partial charge is 0.612 e. The molecule has 0 saturated carbocycles. The van der Waals surface area contributed by atoms with Crippen molar-refractivity contribution in [1.29, 1.82) is 0 Å². The van der Waals surface area contributed by atoms with E-state index in [1.165, 1.54) is 12.2 Å². The second-order valence-corrected chi connectivity index (χ2v) is 8.09. The standard InChI is InChI=1S/C20H16BrClF3N4O5/c1-3-28-13(9-27-7-6-14(26-27)20(23,24)25)16(21)18(30)15(19(31)34-2)17(28)10-4-5-12(29(32)33)11(22)8-10/h4-8H,3,9H2,1-2H3,(H-,30,31,32,33)/q-1. The van der Waals surface area contributed by atoms with Gasteiger partial charge in [0.15, 0.2) is 5.69 Å². The quantitative estimate of drug-likeness (QED) is 0.331. The van der Waals surface area contributed by atoms with Crippen LogP contribution in [0.25, 0.3) is 0 Å². The molecule has 34 heavy (non-hydrogen) atoms. The first kappa shape index (κ1) is 25.4. The summed E-state index contributed by atoms with van der Waals surface area (Å²) in [5.41, 5.74) is -1.12. The van der Waals surface area contributed by atoms with E-state index >= 15 is 0 Å². The average molecular weight is 565 g/mol. The van der Waals surface area contributed by atoms with Crippen LogP contribution in [0, 0.1) is 10.4 Å². The van der Waals surface area contributed by atoms with Crippen LogP contribution < -0.4 is 0 Å². The molecule has 0 amide bonds. The molecule has 2 heterocycles. The summed E-state index contributed by atoms with van der Waals surface area (Å²) in [6, 6.07) is 0.809. The summed E-state index contributed by atoms with van der Waals surface area (Å²) in [5.74, 6) is -1.44. The normalized spacial score (nSPS) is 19.1. The zero-order chi connectivity index (χ0) is 25.4. The summed E-state index contributed by atoms with van der Waals surface area (Å²) in [4.78, 5) is 13.5. The number of methoxy groups -OCH3 is 1. The summed E-state index contributed by atoms with van der Waals surface area (Å²) in [6.07, 6.45) is 0.218. The van der Waals surface area contributed by atoms with Gasteiger partial charge >= 0.3 is 12.1 Å². The molecule has 0 spiro atoms. The molecule has 1 N–H and O–H groups in total. The van der Waals surface area contributed by atoms with Gasteiger partial charge < -0.3 is 25.2 Å². The van der Waals surface area contributed by atoms with Gasteiger partial charge in [0.25, 0.3) is 0 Å². The number of hydrogen-bond donors (Lipinski definition) is 1. The van der Waals surface area contributed by atoms with Crippen LogP contribution >= 0.6 is 27.5 Å². The average Bonchev–Trinajstić information content (AvgIpc) is 3.25. The maximum Gasteiger partial charge on any atom is 0.435 e. The molecular weight excluding hydrogens is 549 g/mol. The first-order valence-electron chi connectivity index (χ1n) is 9.51. The lowest BCUT2D eigenvalue weighted by Gasteiger charge is -2.35. The van der Waals surface area contributed by atoms with E-state index in [0.717, 1.165) is 30.1 Å². The zero-order valence-electron chi connectivity index (χ0n) is 17.6. The second kappa shape index (κ2) is 9.58. The van der Waals surface area contributed by atoms with Crippen LogP contribution in [0.5, 0.6) is 0 Å². The molecule has 2 aliphatic rings. The fourth-order valence-electron chi connectivity index (χ4n) is 3.40. The molecule has 14 heteroatoms. The van der Waals surface area contributed by atoms with Crippen LogP contribution in [-0.2, 0) is 22.3 Å². The number of ether oxygens (including phenoxy) is 1. The molecule has 0 atom stereocenters. The van der Waals surface area contributed by atoms with E-state index in [2.05, 4.69) is 21.0 Å². The maximum atomic E-state index is 13.0. The van der Waals surface area contributed by atoms with Crippen molar-refractivity contribution >= 4 is 39.2 Å². The van der Waals surface area contributed by atoms with Gasteiger partial charge in [-0.25, -0.2) is 4.79 Å². The van der Waals surface area contributed by atoms with Crippen LogP contribution in [0.15, 0.2) is 68.3 Å². The number of aliphatic hydroxyl groups excluding tert-OH is 1. The Morgan fingerprint density at radius 3 is 2.53 bits per heavy atom. The Balaban J connectivity index is 2.21. The van der Waals surface area contributed by atoms with E-state index in [-0.39, 0.29) is 50.9 Å². The predicted molar refractivity (Wildman–Crippen MR) is 119 cm³/mol. The lowest BCUT2D eigenvalue weighted by atomic mass is 9.96. The molecule has 1 aromatic heterocycles. The monoisotopic (exact) mass is 563 g/mol. The number of aromatic nitrogens is 2. The smallest absolute Gasteiger partial charge is 0.435 e. The highest BCUT2D eigenvalue weighted by Crippen LogP contribution is 2.40. The van der Waals surface area contributed by atoms with Crippen molar-refractivity contribution in [3.8, 4) is 0 Å². The second-order valence-electron chi connectivity index (χ2n) is 6.89. The number of rotatable bonds is 4.